The standard InChI is InChI=1S/C20H34N2O6S/c1-7-27-17(25)20(10-13(23)14-11(2)15(14)20)22-16(24)12(8-9-29-6)21-18(26)28-19(3,4)5/h11-15,23H,7-10H2,1-6H3,(H,21,26)(H,22,24)/t11-,12-,13-,14+,15+,20-/m0/s1. The number of fused-ring (bicyclic) bond motifs is 1. The minimum Gasteiger partial charge on any atom is -0.464 e. The van der Waals surface area contributed by atoms with Crippen molar-refractivity contribution in [3.8, 4) is 0 Å². The van der Waals surface area contributed by atoms with Crippen LogP contribution in [0.3, 0.4) is 0 Å². The van der Waals surface area contributed by atoms with Gasteiger partial charge in [0.2, 0.25) is 5.91 Å². The molecule has 0 spiro atoms. The second-order valence-electron chi connectivity index (χ2n) is 8.90. The monoisotopic (exact) mass is 430 g/mol. The van der Waals surface area contributed by atoms with Crippen LogP contribution in [0.4, 0.5) is 4.79 Å². The minimum atomic E-state index is -1.26. The van der Waals surface area contributed by atoms with Gasteiger partial charge in [-0.25, -0.2) is 9.59 Å². The van der Waals surface area contributed by atoms with Crippen molar-refractivity contribution in [3.05, 3.63) is 0 Å². The molecule has 0 aromatic carbocycles. The predicted octanol–water partition coefficient (Wildman–Crippen LogP) is 1.70. The molecule has 8 nitrogen and oxygen atoms in total. The average Bonchev–Trinajstić information content (AvgIpc) is 3.17. The number of carbonyl (C=O) groups is 3. The Morgan fingerprint density at radius 3 is 2.45 bits per heavy atom. The molecule has 2 saturated carbocycles. The maximum absolute atomic E-state index is 13.1. The van der Waals surface area contributed by atoms with Gasteiger partial charge in [0.05, 0.1) is 12.7 Å². The van der Waals surface area contributed by atoms with E-state index >= 15 is 0 Å². The summed E-state index contributed by atoms with van der Waals surface area (Å²) in [6.07, 6.45) is 1.07. The largest absolute Gasteiger partial charge is 0.464 e. The van der Waals surface area contributed by atoms with Gasteiger partial charge in [-0.1, -0.05) is 6.92 Å². The van der Waals surface area contributed by atoms with Crippen LogP contribution in [0, 0.1) is 17.8 Å². The molecule has 3 N–H and O–H groups in total. The first-order chi connectivity index (χ1) is 13.5. The molecule has 0 aliphatic heterocycles. The Balaban J connectivity index is 2.18. The van der Waals surface area contributed by atoms with E-state index in [1.165, 1.54) is 0 Å². The van der Waals surface area contributed by atoms with Crippen LogP contribution in [0.1, 0.15) is 47.5 Å². The van der Waals surface area contributed by atoms with Crippen molar-refractivity contribution in [2.75, 3.05) is 18.6 Å². The zero-order valence-electron chi connectivity index (χ0n) is 18.1. The van der Waals surface area contributed by atoms with Gasteiger partial charge in [0, 0.05) is 12.3 Å². The molecule has 0 saturated heterocycles. The van der Waals surface area contributed by atoms with Gasteiger partial charge in [0.25, 0.3) is 0 Å². The summed E-state index contributed by atoms with van der Waals surface area (Å²) in [5.74, 6) is -0.417. The molecule has 29 heavy (non-hydrogen) atoms. The van der Waals surface area contributed by atoms with E-state index in [1.807, 2.05) is 13.2 Å². The molecule has 0 aromatic heterocycles. The van der Waals surface area contributed by atoms with Crippen molar-refractivity contribution >= 4 is 29.7 Å². The van der Waals surface area contributed by atoms with Gasteiger partial charge in [-0.2, -0.15) is 11.8 Å². The Kier molecular flexibility index (Phi) is 7.48. The SMILES string of the molecule is CCOC(=O)[C@]1(NC(=O)[C@H](CCSC)NC(=O)OC(C)(C)C)C[C@H](O)[C@H]2[C@H](C)[C@H]21. The number of nitrogens with one attached hydrogen (secondary N) is 2. The second kappa shape index (κ2) is 9.12. The molecule has 2 aliphatic carbocycles. The van der Waals surface area contributed by atoms with Crippen molar-refractivity contribution in [2.24, 2.45) is 17.8 Å². The fourth-order valence-corrected chi connectivity index (χ4v) is 4.86. The Bertz CT molecular complexity index is 637. The van der Waals surface area contributed by atoms with E-state index in [0.717, 1.165) is 0 Å². The summed E-state index contributed by atoms with van der Waals surface area (Å²) in [6.45, 7) is 9.08. The molecule has 9 heteroatoms. The molecule has 2 aliphatic rings. The first kappa shape index (κ1) is 23.8. The van der Waals surface area contributed by atoms with Crippen LogP contribution >= 0.6 is 11.8 Å². The van der Waals surface area contributed by atoms with Crippen LogP contribution in [0.2, 0.25) is 0 Å². The summed E-state index contributed by atoms with van der Waals surface area (Å²) in [4.78, 5) is 38.1. The Labute approximate surface area is 176 Å². The van der Waals surface area contributed by atoms with E-state index in [0.29, 0.717) is 12.2 Å². The summed E-state index contributed by atoms with van der Waals surface area (Å²) in [7, 11) is 0. The number of carbonyl (C=O) groups excluding carboxylic acids is 3. The molecule has 2 rings (SSSR count). The minimum absolute atomic E-state index is 0.0248. The molecule has 0 unspecified atom stereocenters. The van der Waals surface area contributed by atoms with Crippen LogP contribution in [0.5, 0.6) is 0 Å². The molecule has 6 atom stereocenters. The summed E-state index contributed by atoms with van der Waals surface area (Å²) in [5, 5.41) is 15.8. The maximum atomic E-state index is 13.1. The lowest BCUT2D eigenvalue weighted by Gasteiger charge is -2.33. The van der Waals surface area contributed by atoms with E-state index in [4.69, 9.17) is 9.47 Å². The van der Waals surface area contributed by atoms with E-state index in [2.05, 4.69) is 10.6 Å². The third-order valence-electron chi connectivity index (χ3n) is 5.60. The summed E-state index contributed by atoms with van der Waals surface area (Å²) >= 11 is 1.55. The van der Waals surface area contributed by atoms with E-state index in [1.54, 1.807) is 39.5 Å². The quantitative estimate of drug-likeness (QED) is 0.502. The van der Waals surface area contributed by atoms with Crippen molar-refractivity contribution in [1.29, 1.82) is 0 Å². The van der Waals surface area contributed by atoms with E-state index < -0.39 is 41.3 Å². The highest BCUT2D eigenvalue weighted by Gasteiger charge is 2.71. The molecule has 2 fully saturated rings. The number of esters is 1. The lowest BCUT2D eigenvalue weighted by molar-refractivity contribution is -0.155. The zero-order chi connectivity index (χ0) is 22.0. The first-order valence-electron chi connectivity index (χ1n) is 10.1. The summed E-state index contributed by atoms with van der Waals surface area (Å²) in [6, 6.07) is -0.853. The fraction of sp³-hybridized carbons (Fsp3) is 0.850. The summed E-state index contributed by atoms with van der Waals surface area (Å²) < 4.78 is 10.5. The average molecular weight is 431 g/mol. The molecule has 2 amide bonds. The number of hydrogen-bond acceptors (Lipinski definition) is 7. The molecule has 0 heterocycles. The maximum Gasteiger partial charge on any atom is 0.408 e. The van der Waals surface area contributed by atoms with Crippen LogP contribution in [-0.2, 0) is 19.1 Å². The van der Waals surface area contributed by atoms with Gasteiger partial charge < -0.3 is 25.2 Å². The summed E-state index contributed by atoms with van der Waals surface area (Å²) in [5.41, 5.74) is -1.95. The highest BCUT2D eigenvalue weighted by Crippen LogP contribution is 2.62. The topological polar surface area (TPSA) is 114 Å². The number of hydrogen-bond donors (Lipinski definition) is 3. The van der Waals surface area contributed by atoms with Gasteiger partial charge >= 0.3 is 12.1 Å². The van der Waals surface area contributed by atoms with Crippen molar-refractivity contribution in [1.82, 2.24) is 10.6 Å². The molecule has 0 radical (unpaired) electrons. The van der Waals surface area contributed by atoms with Crippen LogP contribution in [0.15, 0.2) is 0 Å². The molecule has 0 aromatic rings. The van der Waals surface area contributed by atoms with Gasteiger partial charge in [-0.05, 0) is 58.0 Å². The lowest BCUT2D eigenvalue weighted by Crippen LogP contribution is -2.61. The van der Waals surface area contributed by atoms with Crippen LogP contribution < -0.4 is 10.6 Å². The third-order valence-corrected chi connectivity index (χ3v) is 6.24. The highest BCUT2D eigenvalue weighted by molar-refractivity contribution is 7.98. The van der Waals surface area contributed by atoms with Crippen molar-refractivity contribution in [2.45, 2.75) is 70.7 Å². The Morgan fingerprint density at radius 2 is 1.97 bits per heavy atom. The smallest absolute Gasteiger partial charge is 0.408 e. The number of alkyl carbamates (subject to hydrolysis) is 1. The zero-order valence-corrected chi connectivity index (χ0v) is 18.9. The predicted molar refractivity (Wildman–Crippen MR) is 110 cm³/mol. The van der Waals surface area contributed by atoms with Crippen LogP contribution in [-0.4, -0.2) is 65.0 Å². The highest BCUT2D eigenvalue weighted by atomic mass is 32.2. The third kappa shape index (κ3) is 5.36. The van der Waals surface area contributed by atoms with Gasteiger partial charge in [-0.15, -0.1) is 0 Å². The molecular weight excluding hydrogens is 396 g/mol. The molecule has 166 valence electrons. The first-order valence-corrected chi connectivity index (χ1v) is 11.5. The Morgan fingerprint density at radius 1 is 1.31 bits per heavy atom. The van der Waals surface area contributed by atoms with Crippen LogP contribution in [0.25, 0.3) is 0 Å². The van der Waals surface area contributed by atoms with Gasteiger partial charge in [0.15, 0.2) is 0 Å². The number of thioether (sulfide) groups is 1. The number of ether oxygens (including phenoxy) is 2. The number of rotatable bonds is 8. The Hall–Kier alpha value is -1.48. The second-order valence-corrected chi connectivity index (χ2v) is 9.88. The van der Waals surface area contributed by atoms with E-state index in [9.17, 15) is 19.5 Å². The number of aliphatic hydroxyl groups excluding tert-OH is 1. The molecular formula is C20H34N2O6S. The van der Waals surface area contributed by atoms with Gasteiger partial charge in [0.1, 0.15) is 17.2 Å². The van der Waals surface area contributed by atoms with Crippen molar-refractivity contribution < 1.29 is 29.0 Å². The van der Waals surface area contributed by atoms with Gasteiger partial charge in [-0.3, -0.25) is 4.79 Å². The molecule has 0 bridgehead atoms. The number of amides is 2. The fourth-order valence-electron chi connectivity index (χ4n) is 4.39. The van der Waals surface area contributed by atoms with Crippen molar-refractivity contribution in [3.63, 3.8) is 0 Å². The normalized spacial score (nSPS) is 31.4. The number of aliphatic hydroxyl groups is 1. The van der Waals surface area contributed by atoms with E-state index in [-0.39, 0.29) is 30.8 Å². The lowest BCUT2D eigenvalue weighted by atomic mass is 9.89.